The van der Waals surface area contributed by atoms with Gasteiger partial charge in [0.1, 0.15) is 5.75 Å². The lowest BCUT2D eigenvalue weighted by molar-refractivity contribution is 0.198. The van der Waals surface area contributed by atoms with E-state index in [0.29, 0.717) is 6.61 Å². The number of carbonyl (C=O) groups excluding carboxylic acids is 1. The Morgan fingerprint density at radius 1 is 1.35 bits per heavy atom. The molecule has 1 aliphatic carbocycles. The summed E-state index contributed by atoms with van der Waals surface area (Å²) in [5.41, 5.74) is 2.27. The summed E-state index contributed by atoms with van der Waals surface area (Å²) < 4.78 is 28.6. The molecule has 2 amide bonds. The topological polar surface area (TPSA) is 75.7 Å². The van der Waals surface area contributed by atoms with Crippen molar-refractivity contribution in [1.29, 1.82) is 0 Å². The first-order chi connectivity index (χ1) is 11.0. The Morgan fingerprint density at radius 3 is 2.78 bits per heavy atom. The molecule has 1 heterocycles. The van der Waals surface area contributed by atoms with Crippen molar-refractivity contribution >= 4 is 15.9 Å². The highest BCUT2D eigenvalue weighted by Gasteiger charge is 2.30. The number of urea groups is 1. The number of carbonyl (C=O) groups is 1. The van der Waals surface area contributed by atoms with Crippen LogP contribution in [-0.4, -0.2) is 50.6 Å². The Kier molecular flexibility index (Phi) is 4.48. The van der Waals surface area contributed by atoms with Crippen molar-refractivity contribution in [3.63, 3.8) is 0 Å². The van der Waals surface area contributed by atoms with Crippen molar-refractivity contribution in [3.8, 4) is 5.75 Å². The first kappa shape index (κ1) is 16.1. The number of nitrogens with zero attached hydrogens (tertiary/aromatic N) is 1. The summed E-state index contributed by atoms with van der Waals surface area (Å²) in [6.07, 6.45) is 1.72. The summed E-state index contributed by atoms with van der Waals surface area (Å²) in [6.45, 7) is 3.12. The molecule has 1 fully saturated rings. The van der Waals surface area contributed by atoms with Gasteiger partial charge in [0.2, 0.25) is 0 Å². The van der Waals surface area contributed by atoms with Crippen LogP contribution in [0.15, 0.2) is 18.2 Å². The number of hydrogen-bond acceptors (Lipinski definition) is 4. The van der Waals surface area contributed by atoms with Crippen LogP contribution in [0, 0.1) is 0 Å². The van der Waals surface area contributed by atoms with Gasteiger partial charge < -0.3 is 15.0 Å². The minimum atomic E-state index is -2.98. The third kappa shape index (κ3) is 3.44. The van der Waals surface area contributed by atoms with E-state index in [1.165, 1.54) is 5.56 Å². The molecule has 1 aromatic carbocycles. The minimum absolute atomic E-state index is 0.0311. The molecule has 0 radical (unpaired) electrons. The Bertz CT molecular complexity index is 688. The van der Waals surface area contributed by atoms with Gasteiger partial charge in [-0.2, -0.15) is 0 Å². The van der Waals surface area contributed by atoms with Crippen LogP contribution in [0.4, 0.5) is 4.79 Å². The molecule has 0 bridgehead atoms. The van der Waals surface area contributed by atoms with E-state index < -0.39 is 9.84 Å². The fourth-order valence-corrected chi connectivity index (χ4v) is 4.42. The van der Waals surface area contributed by atoms with Crippen LogP contribution in [-0.2, 0) is 16.3 Å². The number of amides is 2. The molecule has 0 unspecified atom stereocenters. The smallest absolute Gasteiger partial charge is 0.317 e. The van der Waals surface area contributed by atoms with Crippen LogP contribution in [0.25, 0.3) is 0 Å². The number of hydrogen-bond donors (Lipinski definition) is 1. The highest BCUT2D eigenvalue weighted by molar-refractivity contribution is 7.91. The lowest BCUT2D eigenvalue weighted by Gasteiger charge is -2.28. The van der Waals surface area contributed by atoms with Gasteiger partial charge in [-0.25, -0.2) is 13.2 Å². The maximum Gasteiger partial charge on any atom is 0.317 e. The SMILES string of the molecule is CCOc1cccc2c1CC[C@@H]2NC(=O)N1CCS(=O)(=O)CC1. The Balaban J connectivity index is 1.67. The fourth-order valence-electron chi connectivity index (χ4n) is 3.22. The molecule has 0 saturated carbocycles. The molecule has 7 heteroatoms. The van der Waals surface area contributed by atoms with Crippen LogP contribution in [0.5, 0.6) is 5.75 Å². The van der Waals surface area contributed by atoms with E-state index in [-0.39, 0.29) is 36.7 Å². The van der Waals surface area contributed by atoms with Gasteiger partial charge >= 0.3 is 6.03 Å². The molecular formula is C16H22N2O4S. The third-order valence-corrected chi connectivity index (χ3v) is 6.07. The average Bonchev–Trinajstić information content (AvgIpc) is 2.92. The number of rotatable bonds is 3. The zero-order chi connectivity index (χ0) is 16.4. The summed E-state index contributed by atoms with van der Waals surface area (Å²) >= 11 is 0. The molecule has 1 atom stereocenters. The van der Waals surface area contributed by atoms with E-state index in [1.807, 2.05) is 25.1 Å². The summed E-state index contributed by atoms with van der Waals surface area (Å²) in [6, 6.07) is 5.72. The fraction of sp³-hybridized carbons (Fsp3) is 0.562. The Morgan fingerprint density at radius 2 is 2.09 bits per heavy atom. The number of fused-ring (bicyclic) bond motifs is 1. The van der Waals surface area contributed by atoms with E-state index in [4.69, 9.17) is 4.74 Å². The second-order valence-corrected chi connectivity index (χ2v) is 8.24. The van der Waals surface area contributed by atoms with Crippen LogP contribution in [0.1, 0.15) is 30.5 Å². The first-order valence-corrected chi connectivity index (χ1v) is 9.83. The van der Waals surface area contributed by atoms with Gasteiger partial charge in [-0.3, -0.25) is 0 Å². The summed E-state index contributed by atoms with van der Waals surface area (Å²) in [4.78, 5) is 14.0. The standard InChI is InChI=1S/C16H22N2O4S/c1-2-22-15-5-3-4-12-13(15)6-7-14(12)17-16(19)18-8-10-23(20,21)11-9-18/h3-5,14H,2,6-11H2,1H3,(H,17,19)/t14-/m0/s1. The van der Waals surface area contributed by atoms with E-state index in [2.05, 4.69) is 5.32 Å². The monoisotopic (exact) mass is 338 g/mol. The van der Waals surface area contributed by atoms with Crippen LogP contribution in [0.3, 0.4) is 0 Å². The van der Waals surface area contributed by atoms with Gasteiger partial charge in [-0.1, -0.05) is 12.1 Å². The normalized spacial score (nSPS) is 22.5. The van der Waals surface area contributed by atoms with Crippen LogP contribution >= 0.6 is 0 Å². The van der Waals surface area contributed by atoms with E-state index in [1.54, 1.807) is 4.90 Å². The predicted molar refractivity (Wildman–Crippen MR) is 87.4 cm³/mol. The number of benzene rings is 1. The predicted octanol–water partition coefficient (Wildman–Crippen LogP) is 1.51. The molecule has 126 valence electrons. The van der Waals surface area contributed by atoms with Gasteiger partial charge in [-0.05, 0) is 37.0 Å². The average molecular weight is 338 g/mol. The maximum absolute atomic E-state index is 12.4. The van der Waals surface area contributed by atoms with Crippen molar-refractivity contribution < 1.29 is 17.9 Å². The summed E-state index contributed by atoms with van der Waals surface area (Å²) in [5.74, 6) is 0.998. The van der Waals surface area contributed by atoms with Gasteiger partial charge in [0, 0.05) is 13.1 Å². The maximum atomic E-state index is 12.4. The first-order valence-electron chi connectivity index (χ1n) is 8.00. The van der Waals surface area contributed by atoms with Crippen LogP contribution in [0.2, 0.25) is 0 Å². The highest BCUT2D eigenvalue weighted by Crippen LogP contribution is 2.37. The van der Waals surface area contributed by atoms with Gasteiger partial charge in [-0.15, -0.1) is 0 Å². The summed E-state index contributed by atoms with van der Waals surface area (Å²) in [7, 11) is -2.98. The molecule has 1 N–H and O–H groups in total. The van der Waals surface area contributed by atoms with Crippen molar-refractivity contribution in [2.75, 3.05) is 31.2 Å². The third-order valence-electron chi connectivity index (χ3n) is 4.46. The molecule has 1 aliphatic heterocycles. The van der Waals surface area contributed by atoms with Crippen molar-refractivity contribution in [1.82, 2.24) is 10.2 Å². The summed E-state index contributed by atoms with van der Waals surface area (Å²) in [5, 5.41) is 3.04. The molecule has 1 aromatic rings. The van der Waals surface area contributed by atoms with Gasteiger partial charge in [0.15, 0.2) is 9.84 Å². The number of ether oxygens (including phenoxy) is 1. The molecule has 0 aromatic heterocycles. The Labute approximate surface area is 136 Å². The molecule has 3 rings (SSSR count). The van der Waals surface area contributed by atoms with E-state index in [9.17, 15) is 13.2 Å². The zero-order valence-electron chi connectivity index (χ0n) is 13.2. The molecule has 6 nitrogen and oxygen atoms in total. The molecular weight excluding hydrogens is 316 g/mol. The molecule has 23 heavy (non-hydrogen) atoms. The quantitative estimate of drug-likeness (QED) is 0.906. The second-order valence-electron chi connectivity index (χ2n) is 5.94. The number of sulfone groups is 1. The van der Waals surface area contributed by atoms with E-state index in [0.717, 1.165) is 24.2 Å². The zero-order valence-corrected chi connectivity index (χ0v) is 14.1. The lowest BCUT2D eigenvalue weighted by Crippen LogP contribution is -2.48. The van der Waals surface area contributed by atoms with Crippen molar-refractivity contribution in [2.24, 2.45) is 0 Å². The van der Waals surface area contributed by atoms with Crippen molar-refractivity contribution in [3.05, 3.63) is 29.3 Å². The van der Waals surface area contributed by atoms with Gasteiger partial charge in [0.25, 0.3) is 0 Å². The van der Waals surface area contributed by atoms with Crippen LogP contribution < -0.4 is 10.1 Å². The van der Waals surface area contributed by atoms with E-state index >= 15 is 0 Å². The molecule has 0 spiro atoms. The lowest BCUT2D eigenvalue weighted by atomic mass is 10.1. The number of nitrogens with one attached hydrogen (secondary N) is 1. The minimum Gasteiger partial charge on any atom is -0.494 e. The Hall–Kier alpha value is -1.76. The largest absolute Gasteiger partial charge is 0.494 e. The molecule has 2 aliphatic rings. The van der Waals surface area contributed by atoms with Gasteiger partial charge in [0.05, 0.1) is 24.2 Å². The second kappa shape index (κ2) is 6.39. The highest BCUT2D eigenvalue weighted by atomic mass is 32.2. The molecule has 1 saturated heterocycles. The van der Waals surface area contributed by atoms with Crippen molar-refractivity contribution in [2.45, 2.75) is 25.8 Å².